The Morgan fingerprint density at radius 3 is 2.58 bits per heavy atom. The molecule has 0 aromatic heterocycles. The van der Waals surface area contributed by atoms with Gasteiger partial charge in [0.15, 0.2) is 21.5 Å². The maximum atomic E-state index is 13.9. The molecule has 2 N–H and O–H groups in total. The second-order valence-electron chi connectivity index (χ2n) is 5.03. The van der Waals surface area contributed by atoms with Gasteiger partial charge in [-0.1, -0.05) is 18.6 Å². The minimum Gasteiger partial charge on any atom is -0.323 e. The van der Waals surface area contributed by atoms with Gasteiger partial charge in [0.1, 0.15) is 0 Å². The third-order valence-electron chi connectivity index (χ3n) is 3.69. The fraction of sp³-hybridized carbons (Fsp3) is 0.538. The van der Waals surface area contributed by atoms with Gasteiger partial charge in [-0.2, -0.15) is 0 Å². The standard InChI is InChI=1S/C13H17F2NO2S/c1-8-5-6-9(12(15)11(8)14)13(16)10-4-2-3-7-19(10,17)18/h5-6,10,13H,2-4,7,16H2,1H3. The zero-order valence-electron chi connectivity index (χ0n) is 10.7. The average Bonchev–Trinajstić information content (AvgIpc) is 2.35. The van der Waals surface area contributed by atoms with Crippen LogP contribution in [0.3, 0.4) is 0 Å². The van der Waals surface area contributed by atoms with Gasteiger partial charge in [0, 0.05) is 11.6 Å². The van der Waals surface area contributed by atoms with Gasteiger partial charge in [0.25, 0.3) is 0 Å². The lowest BCUT2D eigenvalue weighted by Gasteiger charge is -2.28. The molecule has 0 amide bonds. The molecule has 1 saturated heterocycles. The van der Waals surface area contributed by atoms with Crippen molar-refractivity contribution in [2.45, 2.75) is 37.5 Å². The molecule has 1 aromatic carbocycles. The van der Waals surface area contributed by atoms with Crippen LogP contribution in [0.1, 0.15) is 36.4 Å². The van der Waals surface area contributed by atoms with Gasteiger partial charge in [-0.05, 0) is 25.3 Å². The minimum atomic E-state index is -3.32. The number of nitrogens with two attached hydrogens (primary N) is 1. The molecule has 0 spiro atoms. The molecular formula is C13H17F2NO2S. The van der Waals surface area contributed by atoms with E-state index < -0.39 is 32.8 Å². The van der Waals surface area contributed by atoms with E-state index in [1.54, 1.807) is 0 Å². The average molecular weight is 289 g/mol. The Balaban J connectivity index is 2.39. The Bertz CT molecular complexity index is 587. The molecule has 1 aliphatic rings. The van der Waals surface area contributed by atoms with Crippen LogP contribution in [0.15, 0.2) is 12.1 Å². The zero-order chi connectivity index (χ0) is 14.2. The molecule has 1 aromatic rings. The van der Waals surface area contributed by atoms with Crippen LogP contribution in [0.4, 0.5) is 8.78 Å². The van der Waals surface area contributed by atoms with Crippen molar-refractivity contribution in [2.75, 3.05) is 5.75 Å². The second kappa shape index (κ2) is 5.17. The number of halogens is 2. The summed E-state index contributed by atoms with van der Waals surface area (Å²) in [4.78, 5) is 0. The molecule has 6 heteroatoms. The quantitative estimate of drug-likeness (QED) is 0.908. The van der Waals surface area contributed by atoms with E-state index in [0.717, 1.165) is 6.42 Å². The van der Waals surface area contributed by atoms with Crippen molar-refractivity contribution >= 4 is 9.84 Å². The maximum absolute atomic E-state index is 13.9. The van der Waals surface area contributed by atoms with Gasteiger partial charge in [-0.3, -0.25) is 0 Å². The molecule has 1 heterocycles. The van der Waals surface area contributed by atoms with E-state index in [0.29, 0.717) is 12.8 Å². The highest BCUT2D eigenvalue weighted by atomic mass is 32.2. The molecular weight excluding hydrogens is 272 g/mol. The predicted octanol–water partition coefficient (Wildman–Crippen LogP) is 2.24. The van der Waals surface area contributed by atoms with Gasteiger partial charge in [-0.25, -0.2) is 17.2 Å². The van der Waals surface area contributed by atoms with Gasteiger partial charge in [0.05, 0.1) is 11.0 Å². The number of sulfone groups is 1. The van der Waals surface area contributed by atoms with Crippen LogP contribution in [-0.2, 0) is 9.84 Å². The van der Waals surface area contributed by atoms with E-state index in [1.807, 2.05) is 0 Å². The SMILES string of the molecule is Cc1ccc(C(N)C2CCCCS2(=O)=O)c(F)c1F. The molecule has 0 saturated carbocycles. The highest BCUT2D eigenvalue weighted by Crippen LogP contribution is 2.31. The summed E-state index contributed by atoms with van der Waals surface area (Å²) >= 11 is 0. The molecule has 0 bridgehead atoms. The van der Waals surface area contributed by atoms with Crippen LogP contribution in [0.2, 0.25) is 0 Å². The largest absolute Gasteiger partial charge is 0.323 e. The van der Waals surface area contributed by atoms with E-state index >= 15 is 0 Å². The fourth-order valence-corrected chi connectivity index (χ4v) is 4.53. The highest BCUT2D eigenvalue weighted by molar-refractivity contribution is 7.92. The lowest BCUT2D eigenvalue weighted by Crippen LogP contribution is -2.38. The van der Waals surface area contributed by atoms with Crippen molar-refractivity contribution in [3.8, 4) is 0 Å². The third-order valence-corrected chi connectivity index (χ3v) is 6.00. The van der Waals surface area contributed by atoms with Crippen LogP contribution < -0.4 is 5.73 Å². The Labute approximate surface area is 111 Å². The summed E-state index contributed by atoms with van der Waals surface area (Å²) in [7, 11) is -3.32. The summed E-state index contributed by atoms with van der Waals surface area (Å²) in [6.07, 6.45) is 1.75. The monoisotopic (exact) mass is 289 g/mol. The number of hydrogen-bond donors (Lipinski definition) is 1. The summed E-state index contributed by atoms with van der Waals surface area (Å²) in [5.41, 5.74) is 6.00. The van der Waals surface area contributed by atoms with Crippen LogP contribution >= 0.6 is 0 Å². The van der Waals surface area contributed by atoms with Crippen LogP contribution in [-0.4, -0.2) is 19.4 Å². The van der Waals surface area contributed by atoms with Gasteiger partial charge in [0.2, 0.25) is 0 Å². The van der Waals surface area contributed by atoms with Gasteiger partial charge < -0.3 is 5.73 Å². The first-order chi connectivity index (χ1) is 8.84. The fourth-order valence-electron chi connectivity index (χ4n) is 2.50. The van der Waals surface area contributed by atoms with Gasteiger partial charge in [-0.15, -0.1) is 0 Å². The summed E-state index contributed by atoms with van der Waals surface area (Å²) in [5.74, 6) is -1.92. The Hall–Kier alpha value is -1.01. The summed E-state index contributed by atoms with van der Waals surface area (Å²) in [6.45, 7) is 1.45. The van der Waals surface area contributed by atoms with E-state index in [-0.39, 0.29) is 16.9 Å². The van der Waals surface area contributed by atoms with Crippen molar-refractivity contribution in [1.29, 1.82) is 0 Å². The van der Waals surface area contributed by atoms with Crippen molar-refractivity contribution in [1.82, 2.24) is 0 Å². The van der Waals surface area contributed by atoms with E-state index in [4.69, 9.17) is 5.73 Å². The van der Waals surface area contributed by atoms with Crippen molar-refractivity contribution in [3.05, 3.63) is 34.9 Å². The first kappa shape index (κ1) is 14.4. The topological polar surface area (TPSA) is 60.2 Å². The smallest absolute Gasteiger partial charge is 0.163 e. The van der Waals surface area contributed by atoms with Crippen molar-refractivity contribution in [2.24, 2.45) is 5.73 Å². The highest BCUT2D eigenvalue weighted by Gasteiger charge is 2.36. The summed E-state index contributed by atoms with van der Waals surface area (Å²) < 4.78 is 51.3. The Kier molecular flexibility index (Phi) is 3.92. The third kappa shape index (κ3) is 2.65. The van der Waals surface area contributed by atoms with Crippen LogP contribution in [0.25, 0.3) is 0 Å². The molecule has 106 valence electrons. The normalized spacial score (nSPS) is 24.1. The molecule has 0 aliphatic carbocycles. The first-order valence-electron chi connectivity index (χ1n) is 6.26. The molecule has 19 heavy (non-hydrogen) atoms. The first-order valence-corrected chi connectivity index (χ1v) is 7.98. The molecule has 1 aliphatic heterocycles. The van der Waals surface area contributed by atoms with Gasteiger partial charge >= 0.3 is 0 Å². The minimum absolute atomic E-state index is 0.0569. The summed E-state index contributed by atoms with van der Waals surface area (Å²) in [6, 6.07) is 1.78. The maximum Gasteiger partial charge on any atom is 0.163 e. The van der Waals surface area contributed by atoms with E-state index in [1.165, 1.54) is 19.1 Å². The molecule has 3 nitrogen and oxygen atoms in total. The Morgan fingerprint density at radius 2 is 1.95 bits per heavy atom. The molecule has 2 rings (SSSR count). The molecule has 0 radical (unpaired) electrons. The lowest BCUT2D eigenvalue weighted by atomic mass is 9.98. The predicted molar refractivity (Wildman–Crippen MR) is 69.4 cm³/mol. The second-order valence-corrected chi connectivity index (χ2v) is 7.37. The van der Waals surface area contributed by atoms with E-state index in [9.17, 15) is 17.2 Å². The Morgan fingerprint density at radius 1 is 1.26 bits per heavy atom. The zero-order valence-corrected chi connectivity index (χ0v) is 11.5. The molecule has 2 atom stereocenters. The van der Waals surface area contributed by atoms with Crippen LogP contribution in [0, 0.1) is 18.6 Å². The summed E-state index contributed by atoms with van der Waals surface area (Å²) in [5, 5.41) is -0.821. The lowest BCUT2D eigenvalue weighted by molar-refractivity contribution is 0.462. The van der Waals surface area contributed by atoms with Crippen molar-refractivity contribution in [3.63, 3.8) is 0 Å². The molecule has 1 fully saturated rings. The van der Waals surface area contributed by atoms with Crippen molar-refractivity contribution < 1.29 is 17.2 Å². The number of rotatable bonds is 2. The van der Waals surface area contributed by atoms with Crippen LogP contribution in [0.5, 0.6) is 0 Å². The number of aryl methyl sites for hydroxylation is 1. The molecule has 2 unspecified atom stereocenters. The number of benzene rings is 1. The van der Waals surface area contributed by atoms with E-state index in [2.05, 4.69) is 0 Å². The number of hydrogen-bond acceptors (Lipinski definition) is 3.